The molecule has 0 aliphatic heterocycles. The molecule has 0 saturated carbocycles. The number of carboxylic acid groups (broad SMARTS) is 1. The maximum atomic E-state index is 10.8. The van der Waals surface area contributed by atoms with Gasteiger partial charge in [0.1, 0.15) is 23.9 Å². The SMILES string of the molecule is O=C(O)C=Cc1ccc(OCc2cccnc2)cc1Oc1cccc(Cl)c1. The van der Waals surface area contributed by atoms with Gasteiger partial charge in [-0.15, -0.1) is 0 Å². The summed E-state index contributed by atoms with van der Waals surface area (Å²) in [5.41, 5.74) is 1.54. The minimum atomic E-state index is -1.04. The minimum Gasteiger partial charge on any atom is -0.489 e. The fourth-order valence-corrected chi connectivity index (χ4v) is 2.48. The molecule has 0 aliphatic rings. The van der Waals surface area contributed by atoms with E-state index in [9.17, 15) is 4.79 Å². The smallest absolute Gasteiger partial charge is 0.328 e. The Balaban J connectivity index is 1.85. The summed E-state index contributed by atoms with van der Waals surface area (Å²) in [4.78, 5) is 14.9. The molecule has 5 nitrogen and oxygen atoms in total. The van der Waals surface area contributed by atoms with Crippen molar-refractivity contribution in [2.24, 2.45) is 0 Å². The summed E-state index contributed by atoms with van der Waals surface area (Å²) in [6.07, 6.45) is 5.95. The Morgan fingerprint density at radius 3 is 2.74 bits per heavy atom. The highest BCUT2D eigenvalue weighted by Gasteiger charge is 2.07. The standard InChI is InChI=1S/C21H16ClNO4/c22-17-4-1-5-19(11-17)27-20-12-18(8-6-16(20)7-9-21(24)25)26-14-15-3-2-10-23-13-15/h1-13H,14H2,(H,24,25). The summed E-state index contributed by atoms with van der Waals surface area (Å²) in [5, 5.41) is 9.42. The molecular weight excluding hydrogens is 366 g/mol. The second kappa shape index (κ2) is 8.87. The molecule has 1 heterocycles. The Bertz CT molecular complexity index is 957. The number of hydrogen-bond donors (Lipinski definition) is 1. The van der Waals surface area contributed by atoms with E-state index >= 15 is 0 Å². The van der Waals surface area contributed by atoms with Gasteiger partial charge in [0.15, 0.2) is 0 Å². The third kappa shape index (κ3) is 5.59. The fourth-order valence-electron chi connectivity index (χ4n) is 2.30. The van der Waals surface area contributed by atoms with Crippen LogP contribution in [-0.2, 0) is 11.4 Å². The lowest BCUT2D eigenvalue weighted by Crippen LogP contribution is -1.97. The molecule has 0 saturated heterocycles. The lowest BCUT2D eigenvalue weighted by atomic mass is 10.1. The Morgan fingerprint density at radius 2 is 2.00 bits per heavy atom. The van der Waals surface area contributed by atoms with E-state index in [0.29, 0.717) is 34.4 Å². The maximum absolute atomic E-state index is 10.8. The van der Waals surface area contributed by atoms with Gasteiger partial charge in [0.05, 0.1) is 0 Å². The van der Waals surface area contributed by atoms with E-state index in [2.05, 4.69) is 4.98 Å². The summed E-state index contributed by atoms with van der Waals surface area (Å²) >= 11 is 6.00. The Hall–Kier alpha value is -3.31. The largest absolute Gasteiger partial charge is 0.489 e. The summed E-state index contributed by atoms with van der Waals surface area (Å²) in [6, 6.07) is 15.9. The number of halogens is 1. The van der Waals surface area contributed by atoms with Crippen LogP contribution in [0.15, 0.2) is 73.1 Å². The molecule has 0 spiro atoms. The zero-order chi connectivity index (χ0) is 19.1. The first-order chi connectivity index (χ1) is 13.1. The first-order valence-corrected chi connectivity index (χ1v) is 8.48. The van der Waals surface area contributed by atoms with Crippen molar-refractivity contribution in [2.75, 3.05) is 0 Å². The average Bonchev–Trinajstić information content (AvgIpc) is 2.66. The van der Waals surface area contributed by atoms with E-state index in [4.69, 9.17) is 26.2 Å². The van der Waals surface area contributed by atoms with E-state index in [1.807, 2.05) is 12.1 Å². The third-order valence-corrected chi connectivity index (χ3v) is 3.78. The molecule has 0 amide bonds. The van der Waals surface area contributed by atoms with Gasteiger partial charge in [-0.05, 0) is 42.5 Å². The molecule has 136 valence electrons. The Morgan fingerprint density at radius 1 is 1.11 bits per heavy atom. The summed E-state index contributed by atoms with van der Waals surface area (Å²) < 4.78 is 11.7. The van der Waals surface area contributed by atoms with Gasteiger partial charge in [-0.25, -0.2) is 4.79 Å². The number of carboxylic acids is 1. The molecule has 0 aliphatic carbocycles. The number of carbonyl (C=O) groups is 1. The minimum absolute atomic E-state index is 0.356. The number of hydrogen-bond acceptors (Lipinski definition) is 4. The monoisotopic (exact) mass is 381 g/mol. The van der Waals surface area contributed by atoms with Gasteiger partial charge < -0.3 is 14.6 Å². The van der Waals surface area contributed by atoms with Crippen LogP contribution in [0.25, 0.3) is 6.08 Å². The molecule has 6 heteroatoms. The summed E-state index contributed by atoms with van der Waals surface area (Å²) in [5.74, 6) is 0.541. The molecule has 0 radical (unpaired) electrons. The average molecular weight is 382 g/mol. The molecule has 27 heavy (non-hydrogen) atoms. The maximum Gasteiger partial charge on any atom is 0.328 e. The van der Waals surface area contributed by atoms with Crippen LogP contribution < -0.4 is 9.47 Å². The van der Waals surface area contributed by atoms with Crippen molar-refractivity contribution in [3.63, 3.8) is 0 Å². The second-order valence-electron chi connectivity index (χ2n) is 5.58. The molecule has 0 fully saturated rings. The first-order valence-electron chi connectivity index (χ1n) is 8.10. The van der Waals surface area contributed by atoms with Gasteiger partial charge in [0, 0.05) is 40.7 Å². The molecule has 0 bridgehead atoms. The number of rotatable bonds is 7. The number of benzene rings is 2. The van der Waals surface area contributed by atoms with Gasteiger partial charge in [0.25, 0.3) is 0 Å². The van der Waals surface area contributed by atoms with Crippen LogP contribution >= 0.6 is 11.6 Å². The third-order valence-electron chi connectivity index (χ3n) is 3.54. The molecule has 0 atom stereocenters. The molecule has 1 N–H and O–H groups in total. The van der Waals surface area contributed by atoms with Crippen LogP contribution in [0, 0.1) is 0 Å². The van der Waals surface area contributed by atoms with Crippen molar-refractivity contribution >= 4 is 23.6 Å². The quantitative estimate of drug-likeness (QED) is 0.569. The molecule has 3 aromatic rings. The van der Waals surface area contributed by atoms with E-state index in [1.54, 1.807) is 54.9 Å². The van der Waals surface area contributed by atoms with Crippen LogP contribution in [0.1, 0.15) is 11.1 Å². The van der Waals surface area contributed by atoms with Gasteiger partial charge in [-0.3, -0.25) is 4.98 Å². The highest BCUT2D eigenvalue weighted by molar-refractivity contribution is 6.30. The number of aromatic nitrogens is 1. The highest BCUT2D eigenvalue weighted by Crippen LogP contribution is 2.31. The first kappa shape index (κ1) is 18.5. The normalized spacial score (nSPS) is 10.7. The van der Waals surface area contributed by atoms with Crippen LogP contribution in [-0.4, -0.2) is 16.1 Å². The highest BCUT2D eigenvalue weighted by atomic mass is 35.5. The summed E-state index contributed by atoms with van der Waals surface area (Å²) in [6.45, 7) is 0.356. The number of nitrogens with zero attached hydrogens (tertiary/aromatic N) is 1. The van der Waals surface area contributed by atoms with Crippen LogP contribution in [0.4, 0.5) is 0 Å². The predicted molar refractivity (Wildman–Crippen MR) is 103 cm³/mol. The van der Waals surface area contributed by atoms with Crippen molar-refractivity contribution in [3.8, 4) is 17.2 Å². The van der Waals surface area contributed by atoms with Crippen molar-refractivity contribution in [3.05, 3.63) is 89.2 Å². The van der Waals surface area contributed by atoms with Crippen LogP contribution in [0.5, 0.6) is 17.2 Å². The van der Waals surface area contributed by atoms with E-state index in [-0.39, 0.29) is 0 Å². The zero-order valence-corrected chi connectivity index (χ0v) is 15.0. The topological polar surface area (TPSA) is 68.7 Å². The van der Waals surface area contributed by atoms with Crippen molar-refractivity contribution in [1.29, 1.82) is 0 Å². The zero-order valence-electron chi connectivity index (χ0n) is 14.2. The Kier molecular flexibility index (Phi) is 6.07. The molecule has 3 rings (SSSR count). The van der Waals surface area contributed by atoms with Gasteiger partial charge in [-0.2, -0.15) is 0 Å². The Labute approximate surface area is 161 Å². The molecular formula is C21H16ClNO4. The predicted octanol–water partition coefficient (Wildman–Crippen LogP) is 5.20. The van der Waals surface area contributed by atoms with E-state index in [1.165, 1.54) is 6.08 Å². The van der Waals surface area contributed by atoms with Gasteiger partial charge in [0.2, 0.25) is 0 Å². The summed E-state index contributed by atoms with van der Waals surface area (Å²) in [7, 11) is 0. The lowest BCUT2D eigenvalue weighted by molar-refractivity contribution is -0.131. The van der Waals surface area contributed by atoms with E-state index < -0.39 is 5.97 Å². The van der Waals surface area contributed by atoms with Crippen molar-refractivity contribution in [1.82, 2.24) is 4.98 Å². The molecule has 2 aromatic carbocycles. The molecule has 1 aromatic heterocycles. The number of aliphatic carboxylic acids is 1. The van der Waals surface area contributed by atoms with Crippen LogP contribution in [0.2, 0.25) is 5.02 Å². The number of pyridine rings is 1. The van der Waals surface area contributed by atoms with Gasteiger partial charge >= 0.3 is 5.97 Å². The lowest BCUT2D eigenvalue weighted by Gasteiger charge is -2.12. The van der Waals surface area contributed by atoms with Gasteiger partial charge in [-0.1, -0.05) is 23.7 Å². The van der Waals surface area contributed by atoms with Crippen LogP contribution in [0.3, 0.4) is 0 Å². The van der Waals surface area contributed by atoms with E-state index in [0.717, 1.165) is 11.6 Å². The fraction of sp³-hybridized carbons (Fsp3) is 0.0476. The van der Waals surface area contributed by atoms with Crippen molar-refractivity contribution < 1.29 is 19.4 Å². The second-order valence-corrected chi connectivity index (χ2v) is 6.02. The van der Waals surface area contributed by atoms with Crippen molar-refractivity contribution in [2.45, 2.75) is 6.61 Å². The number of ether oxygens (including phenoxy) is 2. The molecule has 0 unspecified atom stereocenters.